The summed E-state index contributed by atoms with van der Waals surface area (Å²) in [7, 11) is 0. The summed E-state index contributed by atoms with van der Waals surface area (Å²) in [6, 6.07) is 5.32. The lowest BCUT2D eigenvalue weighted by atomic mass is 10.2. The molecule has 1 aromatic rings. The van der Waals surface area contributed by atoms with E-state index < -0.39 is 0 Å². The number of urea groups is 1. The fraction of sp³-hybridized carbons (Fsp3) is 0.429. The first-order valence-electron chi connectivity index (χ1n) is 6.55. The van der Waals surface area contributed by atoms with Crippen molar-refractivity contribution in [2.75, 3.05) is 31.5 Å². The van der Waals surface area contributed by atoms with E-state index in [1.807, 2.05) is 19.1 Å². The fourth-order valence-corrected chi connectivity index (χ4v) is 2.47. The number of amides is 3. The van der Waals surface area contributed by atoms with Crippen molar-refractivity contribution in [3.63, 3.8) is 0 Å². The van der Waals surface area contributed by atoms with E-state index in [2.05, 4.69) is 5.32 Å². The van der Waals surface area contributed by atoms with Gasteiger partial charge >= 0.3 is 6.03 Å². The van der Waals surface area contributed by atoms with Gasteiger partial charge in [-0.3, -0.25) is 4.79 Å². The molecule has 1 aliphatic rings. The lowest BCUT2D eigenvalue weighted by Gasteiger charge is -2.34. The van der Waals surface area contributed by atoms with Crippen molar-refractivity contribution in [1.82, 2.24) is 9.80 Å². The molecule has 1 aromatic carbocycles. The lowest BCUT2D eigenvalue weighted by molar-refractivity contribution is -0.130. The molecule has 5 nitrogen and oxygen atoms in total. The van der Waals surface area contributed by atoms with Crippen molar-refractivity contribution in [2.45, 2.75) is 13.8 Å². The zero-order valence-electron chi connectivity index (χ0n) is 11.6. The Hall–Kier alpha value is -1.75. The predicted octanol–water partition coefficient (Wildman–Crippen LogP) is 2.34. The molecule has 1 N–H and O–H groups in total. The Bertz CT molecular complexity index is 505. The summed E-state index contributed by atoms with van der Waals surface area (Å²) in [6.45, 7) is 5.66. The third-order valence-electron chi connectivity index (χ3n) is 3.47. The van der Waals surface area contributed by atoms with E-state index in [0.29, 0.717) is 36.9 Å². The van der Waals surface area contributed by atoms with Gasteiger partial charge in [0.2, 0.25) is 5.91 Å². The van der Waals surface area contributed by atoms with Crippen LogP contribution in [-0.4, -0.2) is 47.9 Å². The monoisotopic (exact) mass is 295 g/mol. The number of aryl methyl sites for hydroxylation is 1. The van der Waals surface area contributed by atoms with E-state index in [0.717, 1.165) is 5.56 Å². The Kier molecular flexibility index (Phi) is 4.49. The van der Waals surface area contributed by atoms with Crippen LogP contribution < -0.4 is 5.32 Å². The normalized spacial score (nSPS) is 15.2. The molecule has 1 aliphatic heterocycles. The van der Waals surface area contributed by atoms with Crippen LogP contribution in [-0.2, 0) is 4.79 Å². The molecule has 0 bridgehead atoms. The molecule has 108 valence electrons. The molecule has 0 radical (unpaired) electrons. The molecule has 1 saturated heterocycles. The summed E-state index contributed by atoms with van der Waals surface area (Å²) in [6.07, 6.45) is 0. The number of nitrogens with one attached hydrogen (secondary N) is 1. The van der Waals surface area contributed by atoms with Crippen molar-refractivity contribution >= 4 is 29.2 Å². The molecule has 0 aliphatic carbocycles. The van der Waals surface area contributed by atoms with Crippen molar-refractivity contribution in [3.05, 3.63) is 28.8 Å². The van der Waals surface area contributed by atoms with Crippen LogP contribution in [0.25, 0.3) is 0 Å². The number of carbonyl (C=O) groups is 2. The quantitative estimate of drug-likeness (QED) is 0.864. The predicted molar refractivity (Wildman–Crippen MR) is 79.0 cm³/mol. The van der Waals surface area contributed by atoms with E-state index >= 15 is 0 Å². The number of para-hydroxylation sites is 1. The van der Waals surface area contributed by atoms with Crippen molar-refractivity contribution in [1.29, 1.82) is 0 Å². The Morgan fingerprint density at radius 2 is 1.75 bits per heavy atom. The Morgan fingerprint density at radius 3 is 2.30 bits per heavy atom. The lowest BCUT2D eigenvalue weighted by Crippen LogP contribution is -2.51. The van der Waals surface area contributed by atoms with Crippen molar-refractivity contribution in [2.24, 2.45) is 0 Å². The molecule has 3 amide bonds. The van der Waals surface area contributed by atoms with Gasteiger partial charge in [-0.15, -0.1) is 0 Å². The van der Waals surface area contributed by atoms with Gasteiger partial charge in [-0.1, -0.05) is 23.7 Å². The van der Waals surface area contributed by atoms with Crippen LogP contribution in [0.5, 0.6) is 0 Å². The van der Waals surface area contributed by atoms with E-state index in [4.69, 9.17) is 11.6 Å². The summed E-state index contributed by atoms with van der Waals surface area (Å²) in [5.74, 6) is 0.0482. The molecule has 1 heterocycles. The number of carbonyl (C=O) groups excluding carboxylic acids is 2. The number of benzene rings is 1. The standard InChI is InChI=1S/C14H18ClN3O2/c1-10-4-3-5-12(15)13(10)16-14(20)18-8-6-17(7-9-18)11(2)19/h3-5H,6-9H2,1-2H3,(H,16,20). The second kappa shape index (κ2) is 6.13. The first-order chi connectivity index (χ1) is 9.49. The molecule has 0 saturated carbocycles. The van der Waals surface area contributed by atoms with Crippen LogP contribution in [0.1, 0.15) is 12.5 Å². The smallest absolute Gasteiger partial charge is 0.322 e. The zero-order chi connectivity index (χ0) is 14.7. The van der Waals surface area contributed by atoms with Gasteiger partial charge in [-0.05, 0) is 18.6 Å². The van der Waals surface area contributed by atoms with Gasteiger partial charge < -0.3 is 15.1 Å². The molecule has 0 spiro atoms. The highest BCUT2D eigenvalue weighted by Crippen LogP contribution is 2.25. The maximum absolute atomic E-state index is 12.2. The van der Waals surface area contributed by atoms with E-state index in [9.17, 15) is 9.59 Å². The SMILES string of the molecule is CC(=O)N1CCN(C(=O)Nc2c(C)cccc2Cl)CC1. The van der Waals surface area contributed by atoms with Gasteiger partial charge in [-0.25, -0.2) is 4.79 Å². The third-order valence-corrected chi connectivity index (χ3v) is 3.78. The number of rotatable bonds is 1. The average Bonchev–Trinajstić information content (AvgIpc) is 2.43. The largest absolute Gasteiger partial charge is 0.339 e. The van der Waals surface area contributed by atoms with Gasteiger partial charge in [-0.2, -0.15) is 0 Å². The maximum atomic E-state index is 12.2. The molecule has 6 heteroatoms. The summed E-state index contributed by atoms with van der Waals surface area (Å²) in [5, 5.41) is 3.37. The Morgan fingerprint density at radius 1 is 1.15 bits per heavy atom. The average molecular weight is 296 g/mol. The van der Waals surface area contributed by atoms with Crippen LogP contribution in [0.3, 0.4) is 0 Å². The van der Waals surface area contributed by atoms with Crippen molar-refractivity contribution < 1.29 is 9.59 Å². The minimum absolute atomic E-state index is 0.0482. The number of anilines is 1. The number of nitrogens with zero attached hydrogens (tertiary/aromatic N) is 2. The van der Waals surface area contributed by atoms with Crippen LogP contribution in [0.4, 0.5) is 10.5 Å². The molecule has 0 unspecified atom stereocenters. The summed E-state index contributed by atoms with van der Waals surface area (Å²) < 4.78 is 0. The minimum Gasteiger partial charge on any atom is -0.339 e. The van der Waals surface area contributed by atoms with E-state index in [1.165, 1.54) is 0 Å². The molecule has 0 aromatic heterocycles. The summed E-state index contributed by atoms with van der Waals surface area (Å²) in [4.78, 5) is 26.9. The number of hydrogen-bond donors (Lipinski definition) is 1. The van der Waals surface area contributed by atoms with Gasteiger partial charge in [0.15, 0.2) is 0 Å². The Labute approximate surface area is 123 Å². The van der Waals surface area contributed by atoms with Gasteiger partial charge in [0.25, 0.3) is 0 Å². The highest BCUT2D eigenvalue weighted by Gasteiger charge is 2.22. The van der Waals surface area contributed by atoms with Gasteiger partial charge in [0.1, 0.15) is 0 Å². The van der Waals surface area contributed by atoms with Crippen LogP contribution >= 0.6 is 11.6 Å². The number of halogens is 1. The van der Waals surface area contributed by atoms with Gasteiger partial charge in [0.05, 0.1) is 10.7 Å². The maximum Gasteiger partial charge on any atom is 0.322 e. The zero-order valence-corrected chi connectivity index (χ0v) is 12.4. The third kappa shape index (κ3) is 3.22. The van der Waals surface area contributed by atoms with E-state index in [-0.39, 0.29) is 11.9 Å². The van der Waals surface area contributed by atoms with Crippen LogP contribution in [0.2, 0.25) is 5.02 Å². The number of hydrogen-bond acceptors (Lipinski definition) is 2. The summed E-state index contributed by atoms with van der Waals surface area (Å²) in [5.41, 5.74) is 1.57. The van der Waals surface area contributed by atoms with Crippen molar-refractivity contribution in [3.8, 4) is 0 Å². The first kappa shape index (κ1) is 14.7. The molecular formula is C14H18ClN3O2. The highest BCUT2D eigenvalue weighted by molar-refractivity contribution is 6.33. The molecule has 20 heavy (non-hydrogen) atoms. The second-order valence-electron chi connectivity index (χ2n) is 4.86. The van der Waals surface area contributed by atoms with E-state index in [1.54, 1.807) is 22.8 Å². The summed E-state index contributed by atoms with van der Waals surface area (Å²) >= 11 is 6.09. The molecule has 1 fully saturated rings. The minimum atomic E-state index is -0.176. The highest BCUT2D eigenvalue weighted by atomic mass is 35.5. The number of piperazine rings is 1. The van der Waals surface area contributed by atoms with Crippen LogP contribution in [0, 0.1) is 6.92 Å². The van der Waals surface area contributed by atoms with Crippen LogP contribution in [0.15, 0.2) is 18.2 Å². The topological polar surface area (TPSA) is 52.7 Å². The first-order valence-corrected chi connectivity index (χ1v) is 6.93. The van der Waals surface area contributed by atoms with Gasteiger partial charge in [0, 0.05) is 33.1 Å². The fourth-order valence-electron chi connectivity index (χ4n) is 2.20. The molecular weight excluding hydrogens is 278 g/mol. The molecule has 2 rings (SSSR count). The Balaban J connectivity index is 1.98. The molecule has 0 atom stereocenters. The second-order valence-corrected chi connectivity index (χ2v) is 5.26.